The van der Waals surface area contributed by atoms with Crippen LogP contribution in [0.15, 0.2) is 12.1 Å². The molecule has 1 aromatic carbocycles. The summed E-state index contributed by atoms with van der Waals surface area (Å²) in [5.74, 6) is -1.75. The van der Waals surface area contributed by atoms with Crippen LogP contribution in [0.25, 0.3) is 0 Å². The molecule has 0 radical (unpaired) electrons. The van der Waals surface area contributed by atoms with Crippen LogP contribution in [-0.4, -0.2) is 32.2 Å². The Morgan fingerprint density at radius 3 is 2.86 bits per heavy atom. The molecular weight excluding hydrogens is 287 g/mol. The highest BCUT2D eigenvalue weighted by Gasteiger charge is 2.32. The first-order valence-electron chi connectivity index (χ1n) is 6.46. The van der Waals surface area contributed by atoms with Gasteiger partial charge in [-0.2, -0.15) is 8.78 Å². The lowest BCUT2D eigenvalue weighted by molar-refractivity contribution is -0.121. The quantitative estimate of drug-likeness (QED) is 0.831. The minimum Gasteiger partial charge on any atom is -0.432 e. The van der Waals surface area contributed by atoms with Gasteiger partial charge in [-0.1, -0.05) is 0 Å². The van der Waals surface area contributed by atoms with Crippen LogP contribution in [0.1, 0.15) is 12.8 Å². The van der Waals surface area contributed by atoms with Crippen LogP contribution in [0.3, 0.4) is 0 Å². The van der Waals surface area contributed by atoms with E-state index in [1.807, 2.05) is 0 Å². The number of alkyl halides is 2. The SMILES string of the molecule is CNC(=O)C1CCCN1c1cc(OC(F)F)c(F)cc1N. The predicted octanol–water partition coefficient (Wildman–Crippen LogP) is 1.72. The van der Waals surface area contributed by atoms with E-state index in [0.717, 1.165) is 18.6 Å². The summed E-state index contributed by atoms with van der Waals surface area (Å²) in [5, 5.41) is 2.54. The Bertz CT molecular complexity index is 540. The van der Waals surface area contributed by atoms with E-state index >= 15 is 0 Å². The molecule has 21 heavy (non-hydrogen) atoms. The van der Waals surface area contributed by atoms with Crippen molar-refractivity contribution in [2.75, 3.05) is 24.2 Å². The number of ether oxygens (including phenoxy) is 1. The van der Waals surface area contributed by atoms with E-state index in [2.05, 4.69) is 10.1 Å². The van der Waals surface area contributed by atoms with Gasteiger partial charge >= 0.3 is 6.61 Å². The van der Waals surface area contributed by atoms with Gasteiger partial charge in [-0.25, -0.2) is 4.39 Å². The zero-order valence-corrected chi connectivity index (χ0v) is 11.4. The third-order valence-corrected chi connectivity index (χ3v) is 3.41. The van der Waals surface area contributed by atoms with Crippen molar-refractivity contribution in [2.45, 2.75) is 25.5 Å². The number of hydrogen-bond donors (Lipinski definition) is 2. The molecule has 1 saturated heterocycles. The van der Waals surface area contributed by atoms with E-state index < -0.39 is 24.2 Å². The average molecular weight is 303 g/mol. The monoisotopic (exact) mass is 303 g/mol. The number of carbonyl (C=O) groups excluding carboxylic acids is 1. The molecule has 1 aromatic rings. The van der Waals surface area contributed by atoms with Gasteiger partial charge in [0.05, 0.1) is 11.4 Å². The summed E-state index contributed by atoms with van der Waals surface area (Å²) >= 11 is 0. The molecule has 3 N–H and O–H groups in total. The lowest BCUT2D eigenvalue weighted by atomic mass is 10.1. The third kappa shape index (κ3) is 3.14. The molecule has 0 saturated carbocycles. The van der Waals surface area contributed by atoms with Crippen LogP contribution in [0.2, 0.25) is 0 Å². The number of amides is 1. The van der Waals surface area contributed by atoms with Crippen molar-refractivity contribution in [3.05, 3.63) is 17.9 Å². The number of nitrogen functional groups attached to an aromatic ring is 1. The topological polar surface area (TPSA) is 67.6 Å². The van der Waals surface area contributed by atoms with Gasteiger partial charge in [0.15, 0.2) is 11.6 Å². The summed E-state index contributed by atoms with van der Waals surface area (Å²) in [6.45, 7) is -2.61. The zero-order valence-electron chi connectivity index (χ0n) is 11.4. The summed E-state index contributed by atoms with van der Waals surface area (Å²) in [5.41, 5.74) is 6.14. The predicted molar refractivity (Wildman–Crippen MR) is 71.9 cm³/mol. The Morgan fingerprint density at radius 1 is 1.52 bits per heavy atom. The molecule has 1 aliphatic heterocycles. The van der Waals surface area contributed by atoms with Gasteiger partial charge in [-0.15, -0.1) is 0 Å². The van der Waals surface area contributed by atoms with Gasteiger partial charge in [-0.3, -0.25) is 4.79 Å². The van der Waals surface area contributed by atoms with Crippen molar-refractivity contribution >= 4 is 17.3 Å². The van der Waals surface area contributed by atoms with Crippen molar-refractivity contribution in [1.82, 2.24) is 5.32 Å². The van der Waals surface area contributed by atoms with E-state index in [-0.39, 0.29) is 11.6 Å². The maximum absolute atomic E-state index is 13.6. The number of nitrogens with zero attached hydrogens (tertiary/aromatic N) is 1. The van der Waals surface area contributed by atoms with Crippen molar-refractivity contribution in [3.8, 4) is 5.75 Å². The largest absolute Gasteiger partial charge is 0.432 e. The molecular formula is C13H16F3N3O2. The van der Waals surface area contributed by atoms with Gasteiger partial charge in [0.1, 0.15) is 6.04 Å². The smallest absolute Gasteiger partial charge is 0.387 e. The Kier molecular flexibility index (Phi) is 4.44. The van der Waals surface area contributed by atoms with Gasteiger partial charge < -0.3 is 20.7 Å². The first-order valence-corrected chi connectivity index (χ1v) is 6.46. The van der Waals surface area contributed by atoms with Crippen molar-refractivity contribution in [3.63, 3.8) is 0 Å². The van der Waals surface area contributed by atoms with Crippen LogP contribution in [-0.2, 0) is 4.79 Å². The van der Waals surface area contributed by atoms with E-state index in [9.17, 15) is 18.0 Å². The Morgan fingerprint density at radius 2 is 2.24 bits per heavy atom. The number of carbonyl (C=O) groups is 1. The number of nitrogens with one attached hydrogen (secondary N) is 1. The maximum Gasteiger partial charge on any atom is 0.387 e. The van der Waals surface area contributed by atoms with E-state index in [0.29, 0.717) is 18.7 Å². The first kappa shape index (κ1) is 15.3. The molecule has 1 amide bonds. The summed E-state index contributed by atoms with van der Waals surface area (Å²) in [6.07, 6.45) is 1.36. The molecule has 1 aliphatic rings. The summed E-state index contributed by atoms with van der Waals surface area (Å²) < 4.78 is 42.2. The minimum atomic E-state index is -3.13. The van der Waals surface area contributed by atoms with E-state index in [1.54, 1.807) is 4.90 Å². The Labute approximate surface area is 119 Å². The molecule has 5 nitrogen and oxygen atoms in total. The van der Waals surface area contributed by atoms with E-state index in [1.165, 1.54) is 7.05 Å². The first-order chi connectivity index (χ1) is 9.93. The number of halogens is 3. The Balaban J connectivity index is 2.36. The van der Waals surface area contributed by atoms with E-state index in [4.69, 9.17) is 5.73 Å². The Hall–Kier alpha value is -2.12. The lowest BCUT2D eigenvalue weighted by Gasteiger charge is -2.27. The molecule has 1 heterocycles. The second-order valence-corrected chi connectivity index (χ2v) is 4.69. The highest BCUT2D eigenvalue weighted by molar-refractivity contribution is 5.87. The highest BCUT2D eigenvalue weighted by Crippen LogP contribution is 2.35. The van der Waals surface area contributed by atoms with Crippen molar-refractivity contribution in [2.24, 2.45) is 0 Å². The van der Waals surface area contributed by atoms with Crippen LogP contribution in [0.4, 0.5) is 24.5 Å². The fourth-order valence-corrected chi connectivity index (χ4v) is 2.49. The number of anilines is 2. The fourth-order valence-electron chi connectivity index (χ4n) is 2.49. The van der Waals surface area contributed by atoms with Gasteiger partial charge in [0.2, 0.25) is 5.91 Å². The number of rotatable bonds is 4. The van der Waals surface area contributed by atoms with Crippen molar-refractivity contribution < 1.29 is 22.7 Å². The molecule has 0 aromatic heterocycles. The molecule has 2 rings (SSSR count). The number of hydrogen-bond acceptors (Lipinski definition) is 4. The summed E-state index contributed by atoms with van der Waals surface area (Å²) in [4.78, 5) is 13.5. The van der Waals surface area contributed by atoms with Crippen LogP contribution >= 0.6 is 0 Å². The minimum absolute atomic E-state index is 0.0740. The highest BCUT2D eigenvalue weighted by atomic mass is 19.3. The number of nitrogens with two attached hydrogens (primary N) is 1. The normalized spacial score (nSPS) is 18.1. The fraction of sp³-hybridized carbons (Fsp3) is 0.462. The van der Waals surface area contributed by atoms with Crippen LogP contribution in [0.5, 0.6) is 5.75 Å². The second-order valence-electron chi connectivity index (χ2n) is 4.69. The molecule has 0 bridgehead atoms. The lowest BCUT2D eigenvalue weighted by Crippen LogP contribution is -2.42. The number of likely N-dealkylation sites (N-methyl/N-ethyl adjacent to an activating group) is 1. The summed E-state index contributed by atoms with van der Waals surface area (Å²) in [7, 11) is 1.51. The maximum atomic E-state index is 13.6. The molecule has 116 valence electrons. The van der Waals surface area contributed by atoms with Crippen LogP contribution < -0.4 is 20.7 Å². The summed E-state index contributed by atoms with van der Waals surface area (Å²) in [6, 6.07) is 1.58. The van der Waals surface area contributed by atoms with Crippen LogP contribution in [0, 0.1) is 5.82 Å². The average Bonchev–Trinajstić information content (AvgIpc) is 2.89. The molecule has 8 heteroatoms. The third-order valence-electron chi connectivity index (χ3n) is 3.41. The molecule has 1 unspecified atom stereocenters. The number of benzene rings is 1. The standard InChI is InChI=1S/C13H16F3N3O2/c1-18-12(20)9-3-2-4-19(9)10-6-11(21-13(15)16)7(14)5-8(10)17/h5-6,9,13H,2-4,17H2,1H3,(H,18,20). The molecule has 1 fully saturated rings. The molecule has 1 atom stereocenters. The van der Waals surface area contributed by atoms with Gasteiger partial charge in [0, 0.05) is 25.7 Å². The van der Waals surface area contributed by atoms with Gasteiger partial charge in [0.25, 0.3) is 0 Å². The van der Waals surface area contributed by atoms with Crippen molar-refractivity contribution in [1.29, 1.82) is 0 Å². The molecule has 0 spiro atoms. The second kappa shape index (κ2) is 6.11. The zero-order chi connectivity index (χ0) is 15.6. The molecule has 0 aliphatic carbocycles. The van der Waals surface area contributed by atoms with Gasteiger partial charge in [-0.05, 0) is 12.8 Å².